The molecule has 2 aromatic rings. The molecule has 108 valence electrons. The van der Waals surface area contributed by atoms with Crippen LogP contribution >= 0.6 is 17.0 Å². The monoisotopic (exact) mass is 337 g/mol. The zero-order valence-electron chi connectivity index (χ0n) is 11.8. The van der Waals surface area contributed by atoms with E-state index in [1.807, 2.05) is 36.4 Å². The Kier molecular flexibility index (Phi) is 7.12. The topological polar surface area (TPSA) is 30.5 Å². The van der Waals surface area contributed by atoms with Crippen molar-refractivity contribution in [1.29, 1.82) is 0 Å². The number of methoxy groups -OCH3 is 2. The number of halogens is 1. The van der Waals surface area contributed by atoms with E-state index in [2.05, 4.69) is 17.4 Å². The van der Waals surface area contributed by atoms with Crippen LogP contribution in [0, 0.1) is 0 Å². The van der Waals surface area contributed by atoms with Crippen LogP contribution in [-0.4, -0.2) is 14.2 Å². The predicted octanol–water partition coefficient (Wildman–Crippen LogP) is 3.57. The summed E-state index contributed by atoms with van der Waals surface area (Å²) in [5.74, 6) is 1.82. The molecule has 2 aromatic carbocycles. The molecule has 4 heteroatoms. The summed E-state index contributed by atoms with van der Waals surface area (Å²) in [6, 6.07) is 16.1. The van der Waals surface area contributed by atoms with Gasteiger partial charge in [-0.05, 0) is 12.1 Å². The molecule has 0 aliphatic carbocycles. The van der Waals surface area contributed by atoms with Crippen LogP contribution in [-0.2, 0) is 13.1 Å². The van der Waals surface area contributed by atoms with Gasteiger partial charge in [0.15, 0.2) is 0 Å². The third-order valence-electron chi connectivity index (χ3n) is 3.02. The summed E-state index contributed by atoms with van der Waals surface area (Å²) in [6.45, 7) is 1.53. The Morgan fingerprint density at radius 3 is 1.55 bits per heavy atom. The number of ether oxygens (including phenoxy) is 2. The lowest BCUT2D eigenvalue weighted by Gasteiger charge is -2.11. The summed E-state index contributed by atoms with van der Waals surface area (Å²) in [5.41, 5.74) is 2.31. The average molecular weight is 338 g/mol. The summed E-state index contributed by atoms with van der Waals surface area (Å²) < 4.78 is 10.7. The van der Waals surface area contributed by atoms with Crippen LogP contribution in [0.3, 0.4) is 0 Å². The molecule has 0 radical (unpaired) electrons. The zero-order chi connectivity index (χ0) is 13.5. The van der Waals surface area contributed by atoms with E-state index < -0.39 is 0 Å². The van der Waals surface area contributed by atoms with Gasteiger partial charge in [-0.3, -0.25) is 0 Å². The van der Waals surface area contributed by atoms with Crippen LogP contribution < -0.4 is 14.8 Å². The van der Waals surface area contributed by atoms with Crippen molar-refractivity contribution in [2.75, 3.05) is 14.2 Å². The largest absolute Gasteiger partial charge is 0.496 e. The lowest BCUT2D eigenvalue weighted by Crippen LogP contribution is -2.14. The van der Waals surface area contributed by atoms with Gasteiger partial charge in [0.1, 0.15) is 11.5 Å². The van der Waals surface area contributed by atoms with Gasteiger partial charge in [0.05, 0.1) is 14.2 Å². The highest BCUT2D eigenvalue weighted by molar-refractivity contribution is 8.93. The highest BCUT2D eigenvalue weighted by atomic mass is 79.9. The summed E-state index contributed by atoms with van der Waals surface area (Å²) in [6.07, 6.45) is 0. The maximum absolute atomic E-state index is 5.33. The summed E-state index contributed by atoms with van der Waals surface area (Å²) in [4.78, 5) is 0. The van der Waals surface area contributed by atoms with Crippen LogP contribution in [0.5, 0.6) is 11.5 Å². The molecule has 0 fully saturated rings. The number of benzene rings is 2. The Hall–Kier alpha value is -1.52. The minimum absolute atomic E-state index is 0. The normalized spacial score (nSPS) is 9.70. The highest BCUT2D eigenvalue weighted by Gasteiger charge is 2.03. The fourth-order valence-electron chi connectivity index (χ4n) is 2.03. The van der Waals surface area contributed by atoms with E-state index in [4.69, 9.17) is 9.47 Å². The van der Waals surface area contributed by atoms with E-state index in [1.165, 1.54) is 0 Å². The Morgan fingerprint density at radius 2 is 1.15 bits per heavy atom. The lowest BCUT2D eigenvalue weighted by molar-refractivity contribution is 0.404. The number of hydrogen-bond donors (Lipinski definition) is 1. The van der Waals surface area contributed by atoms with E-state index >= 15 is 0 Å². The quantitative estimate of drug-likeness (QED) is 0.873. The van der Waals surface area contributed by atoms with Gasteiger partial charge in [-0.25, -0.2) is 0 Å². The van der Waals surface area contributed by atoms with E-state index in [9.17, 15) is 0 Å². The van der Waals surface area contributed by atoms with E-state index in [0.717, 1.165) is 35.7 Å². The first-order valence-electron chi connectivity index (χ1n) is 6.29. The van der Waals surface area contributed by atoms with Gasteiger partial charge in [0, 0.05) is 24.2 Å². The molecule has 0 aliphatic heterocycles. The van der Waals surface area contributed by atoms with Gasteiger partial charge >= 0.3 is 0 Å². The standard InChI is InChI=1S/C16H19NO2.BrH/c1-18-15-9-5-3-7-13(15)11-17-12-14-8-4-6-10-16(14)19-2;/h3-10,17H,11-12H2,1-2H3;1H. The van der Waals surface area contributed by atoms with Gasteiger partial charge < -0.3 is 14.8 Å². The second-order valence-electron chi connectivity index (χ2n) is 4.23. The smallest absolute Gasteiger partial charge is 0.123 e. The molecule has 0 spiro atoms. The van der Waals surface area contributed by atoms with Crippen molar-refractivity contribution < 1.29 is 9.47 Å². The first-order valence-corrected chi connectivity index (χ1v) is 6.29. The van der Waals surface area contributed by atoms with E-state index in [0.29, 0.717) is 0 Å². The molecule has 0 amide bonds. The Bertz CT molecular complexity index is 484. The Labute approximate surface area is 130 Å². The van der Waals surface area contributed by atoms with Crippen LogP contribution in [0.25, 0.3) is 0 Å². The van der Waals surface area contributed by atoms with Crippen molar-refractivity contribution in [1.82, 2.24) is 5.32 Å². The van der Waals surface area contributed by atoms with Crippen molar-refractivity contribution in [3.8, 4) is 11.5 Å². The second kappa shape index (κ2) is 8.61. The molecular weight excluding hydrogens is 318 g/mol. The van der Waals surface area contributed by atoms with Gasteiger partial charge in [0.2, 0.25) is 0 Å². The molecular formula is C16H20BrNO2. The Morgan fingerprint density at radius 1 is 0.750 bits per heavy atom. The fraction of sp³-hybridized carbons (Fsp3) is 0.250. The first kappa shape index (κ1) is 16.5. The number of hydrogen-bond acceptors (Lipinski definition) is 3. The fourth-order valence-corrected chi connectivity index (χ4v) is 2.03. The van der Waals surface area contributed by atoms with E-state index in [1.54, 1.807) is 14.2 Å². The average Bonchev–Trinajstić information content (AvgIpc) is 2.48. The Balaban J connectivity index is 0.00000200. The zero-order valence-corrected chi connectivity index (χ0v) is 13.5. The van der Waals surface area contributed by atoms with Crippen molar-refractivity contribution in [2.24, 2.45) is 0 Å². The molecule has 1 N–H and O–H groups in total. The maximum atomic E-state index is 5.33. The molecule has 0 unspecified atom stereocenters. The third-order valence-corrected chi connectivity index (χ3v) is 3.02. The van der Waals surface area contributed by atoms with Crippen LogP contribution in [0.1, 0.15) is 11.1 Å². The lowest BCUT2D eigenvalue weighted by atomic mass is 10.1. The molecule has 0 bridgehead atoms. The van der Waals surface area contributed by atoms with Crippen molar-refractivity contribution in [3.05, 3.63) is 59.7 Å². The van der Waals surface area contributed by atoms with Gasteiger partial charge in [-0.15, -0.1) is 17.0 Å². The van der Waals surface area contributed by atoms with Gasteiger partial charge in [-0.1, -0.05) is 36.4 Å². The second-order valence-corrected chi connectivity index (χ2v) is 4.23. The molecule has 3 nitrogen and oxygen atoms in total. The summed E-state index contributed by atoms with van der Waals surface area (Å²) in [7, 11) is 3.39. The molecule has 20 heavy (non-hydrogen) atoms. The van der Waals surface area contributed by atoms with Crippen LogP contribution in [0.15, 0.2) is 48.5 Å². The minimum atomic E-state index is 0. The predicted molar refractivity (Wildman–Crippen MR) is 86.9 cm³/mol. The van der Waals surface area contributed by atoms with Crippen LogP contribution in [0.2, 0.25) is 0 Å². The molecule has 0 saturated carbocycles. The molecule has 0 atom stereocenters. The molecule has 2 rings (SSSR count). The van der Waals surface area contributed by atoms with Gasteiger partial charge in [0.25, 0.3) is 0 Å². The summed E-state index contributed by atoms with van der Waals surface area (Å²) >= 11 is 0. The third kappa shape index (κ3) is 4.25. The SMILES string of the molecule is Br.COc1ccccc1CNCc1ccccc1OC. The maximum Gasteiger partial charge on any atom is 0.123 e. The number of rotatable bonds is 6. The molecule has 0 aromatic heterocycles. The molecule has 0 saturated heterocycles. The van der Waals surface area contributed by atoms with Crippen molar-refractivity contribution >= 4 is 17.0 Å². The molecule has 0 aliphatic rings. The number of para-hydroxylation sites is 2. The molecule has 0 heterocycles. The summed E-state index contributed by atoms with van der Waals surface area (Å²) in [5, 5.41) is 3.41. The highest BCUT2D eigenvalue weighted by Crippen LogP contribution is 2.19. The van der Waals surface area contributed by atoms with E-state index in [-0.39, 0.29) is 17.0 Å². The number of nitrogens with one attached hydrogen (secondary N) is 1. The van der Waals surface area contributed by atoms with Crippen molar-refractivity contribution in [3.63, 3.8) is 0 Å². The minimum Gasteiger partial charge on any atom is -0.496 e. The van der Waals surface area contributed by atoms with Crippen molar-refractivity contribution in [2.45, 2.75) is 13.1 Å². The van der Waals surface area contributed by atoms with Crippen LogP contribution in [0.4, 0.5) is 0 Å². The van der Waals surface area contributed by atoms with Gasteiger partial charge in [-0.2, -0.15) is 0 Å². The first-order chi connectivity index (χ1) is 9.35.